The number of nitrogens with zero attached hydrogens (tertiary/aromatic N) is 2. The van der Waals surface area contributed by atoms with Crippen molar-refractivity contribution in [3.63, 3.8) is 0 Å². The van der Waals surface area contributed by atoms with Crippen LogP contribution in [-0.4, -0.2) is 77.7 Å². The molecule has 9 nitrogen and oxygen atoms in total. The number of carbonyl (C=O) groups is 3. The summed E-state index contributed by atoms with van der Waals surface area (Å²) in [7, 11) is 0. The highest BCUT2D eigenvalue weighted by atomic mass is 32.2. The van der Waals surface area contributed by atoms with Crippen LogP contribution in [0.2, 0.25) is 0 Å². The third-order valence-electron chi connectivity index (χ3n) is 7.39. The highest BCUT2D eigenvalue weighted by Gasteiger charge is 2.55. The van der Waals surface area contributed by atoms with Gasteiger partial charge in [0.25, 0.3) is 11.8 Å². The van der Waals surface area contributed by atoms with Crippen LogP contribution in [0.3, 0.4) is 0 Å². The number of hydrogen-bond acceptors (Lipinski definition) is 8. The lowest BCUT2D eigenvalue weighted by Crippen LogP contribution is -2.71. The normalized spacial score (nSPS) is 20.1. The summed E-state index contributed by atoms with van der Waals surface area (Å²) in [5.74, 6) is -0.278. The van der Waals surface area contributed by atoms with Crippen molar-refractivity contribution < 1.29 is 28.6 Å². The summed E-state index contributed by atoms with van der Waals surface area (Å²) in [5.41, 5.74) is 2.63. The smallest absolute Gasteiger partial charge is 0.357 e. The van der Waals surface area contributed by atoms with Gasteiger partial charge in [-0.05, 0) is 23.3 Å². The zero-order chi connectivity index (χ0) is 28.9. The Kier molecular flexibility index (Phi) is 8.43. The Morgan fingerprint density at radius 2 is 1.50 bits per heavy atom. The molecule has 6 rings (SSSR count). The summed E-state index contributed by atoms with van der Waals surface area (Å²) in [6.07, 6.45) is -0.659. The maximum Gasteiger partial charge on any atom is 0.357 e. The molecule has 3 aliphatic rings. The van der Waals surface area contributed by atoms with Crippen molar-refractivity contribution in [1.29, 1.82) is 0 Å². The van der Waals surface area contributed by atoms with E-state index in [0.717, 1.165) is 16.8 Å². The number of carbonyl (C=O) groups excluding carboxylic acids is 3. The van der Waals surface area contributed by atoms with Crippen LogP contribution in [0.25, 0.3) is 0 Å². The number of morpholine rings is 1. The lowest BCUT2D eigenvalue weighted by Gasteiger charge is -2.51. The van der Waals surface area contributed by atoms with Gasteiger partial charge in [0.15, 0.2) is 18.4 Å². The first-order valence-corrected chi connectivity index (χ1v) is 14.9. The van der Waals surface area contributed by atoms with Gasteiger partial charge in [-0.25, -0.2) is 4.79 Å². The lowest BCUT2D eigenvalue weighted by molar-refractivity contribution is -0.155. The van der Waals surface area contributed by atoms with Crippen molar-refractivity contribution in [3.05, 3.63) is 114 Å². The topological polar surface area (TPSA) is 97.4 Å². The number of nitrogens with one attached hydrogen (secondary N) is 1. The minimum absolute atomic E-state index is 0.217. The fourth-order valence-corrected chi connectivity index (χ4v) is 6.68. The maximum absolute atomic E-state index is 14.1. The predicted octanol–water partition coefficient (Wildman–Crippen LogP) is 3.34. The molecule has 0 saturated carbocycles. The minimum atomic E-state index is -0.769. The van der Waals surface area contributed by atoms with Crippen LogP contribution >= 0.6 is 11.8 Å². The van der Waals surface area contributed by atoms with Crippen molar-refractivity contribution in [2.24, 2.45) is 0 Å². The summed E-state index contributed by atoms with van der Waals surface area (Å²) >= 11 is 1.52. The van der Waals surface area contributed by atoms with Crippen LogP contribution in [0.5, 0.6) is 5.75 Å². The summed E-state index contributed by atoms with van der Waals surface area (Å²) < 4.78 is 17.3. The van der Waals surface area contributed by atoms with E-state index < -0.39 is 29.4 Å². The van der Waals surface area contributed by atoms with E-state index in [0.29, 0.717) is 37.8 Å². The van der Waals surface area contributed by atoms with Gasteiger partial charge in [0, 0.05) is 18.8 Å². The summed E-state index contributed by atoms with van der Waals surface area (Å²) in [6.45, 7) is 2.06. The molecule has 2 atom stereocenters. The molecule has 10 heteroatoms. The van der Waals surface area contributed by atoms with Crippen LogP contribution in [0.1, 0.15) is 17.2 Å². The van der Waals surface area contributed by atoms with E-state index in [1.54, 1.807) is 12.1 Å². The highest BCUT2D eigenvalue weighted by molar-refractivity contribution is 8.00. The van der Waals surface area contributed by atoms with E-state index >= 15 is 0 Å². The van der Waals surface area contributed by atoms with Gasteiger partial charge in [0.05, 0.1) is 18.9 Å². The number of rotatable bonds is 9. The van der Waals surface area contributed by atoms with Crippen LogP contribution in [0.15, 0.2) is 102 Å². The van der Waals surface area contributed by atoms with Crippen molar-refractivity contribution in [1.82, 2.24) is 15.1 Å². The zero-order valence-electron chi connectivity index (χ0n) is 22.9. The number of thioether (sulfide) groups is 1. The fourth-order valence-electron chi connectivity index (χ4n) is 5.30. The first-order chi connectivity index (χ1) is 20.6. The Balaban J connectivity index is 1.24. The highest BCUT2D eigenvalue weighted by Crippen LogP contribution is 2.42. The Morgan fingerprint density at radius 3 is 2.12 bits per heavy atom. The number of β-lactam (4-membered cyclic amide) rings is 1. The molecule has 42 heavy (non-hydrogen) atoms. The van der Waals surface area contributed by atoms with Crippen LogP contribution in [0, 0.1) is 0 Å². The standard InChI is InChI=1S/C32H31N3O6S/c36-26(20-40-24-14-8-3-9-15-24)33-27-30(37)35-28(25(21-42-31(27)35)34-16-18-39-19-17-34)32(38)41-29(22-10-4-1-5-11-22)23-12-6-2-7-13-23/h1-15,27,29,31H,16-21H2,(H,33,36)/t27-,31+/m1/s1. The number of hydrogen-bond donors (Lipinski definition) is 1. The van der Waals surface area contributed by atoms with Gasteiger partial charge in [0.2, 0.25) is 0 Å². The second kappa shape index (κ2) is 12.7. The second-order valence-corrected chi connectivity index (χ2v) is 11.2. The summed E-state index contributed by atoms with van der Waals surface area (Å²) in [4.78, 5) is 43.9. The monoisotopic (exact) mass is 585 g/mol. The van der Waals surface area contributed by atoms with Gasteiger partial charge in [-0.15, -0.1) is 11.8 Å². The van der Waals surface area contributed by atoms with Crippen molar-refractivity contribution in [2.45, 2.75) is 17.5 Å². The molecule has 0 unspecified atom stereocenters. The Morgan fingerprint density at radius 1 is 0.905 bits per heavy atom. The summed E-state index contributed by atoms with van der Waals surface area (Å²) in [6, 6.07) is 27.3. The molecule has 3 aromatic carbocycles. The molecule has 3 aromatic rings. The molecule has 0 spiro atoms. The first kappa shape index (κ1) is 27.9. The van der Waals surface area contributed by atoms with E-state index in [9.17, 15) is 14.4 Å². The van der Waals surface area contributed by atoms with Crippen LogP contribution < -0.4 is 10.1 Å². The van der Waals surface area contributed by atoms with E-state index in [1.807, 2.05) is 78.9 Å². The third-order valence-corrected chi connectivity index (χ3v) is 8.66. The van der Waals surface area contributed by atoms with Gasteiger partial charge < -0.3 is 24.4 Å². The molecule has 2 saturated heterocycles. The molecular formula is C32H31N3O6S. The number of esters is 1. The molecular weight excluding hydrogens is 554 g/mol. The van der Waals surface area contributed by atoms with Gasteiger partial charge in [-0.3, -0.25) is 14.5 Å². The Hall–Kier alpha value is -4.28. The molecule has 0 radical (unpaired) electrons. The summed E-state index contributed by atoms with van der Waals surface area (Å²) in [5, 5.41) is 2.36. The van der Waals surface area contributed by atoms with E-state index in [1.165, 1.54) is 16.7 Å². The molecule has 1 N–H and O–H groups in total. The minimum Gasteiger partial charge on any atom is -0.484 e. The van der Waals surface area contributed by atoms with Crippen molar-refractivity contribution in [2.75, 3.05) is 38.7 Å². The van der Waals surface area contributed by atoms with Crippen molar-refractivity contribution >= 4 is 29.5 Å². The molecule has 3 aliphatic heterocycles. The number of fused-ring (bicyclic) bond motifs is 1. The quantitative estimate of drug-likeness (QED) is 0.302. The zero-order valence-corrected chi connectivity index (χ0v) is 23.7. The molecule has 2 amide bonds. The van der Waals surface area contributed by atoms with E-state index in [-0.39, 0.29) is 18.2 Å². The average molecular weight is 586 g/mol. The number of benzene rings is 3. The Bertz CT molecular complexity index is 1410. The molecule has 0 aliphatic carbocycles. The predicted molar refractivity (Wildman–Crippen MR) is 157 cm³/mol. The van der Waals surface area contributed by atoms with Gasteiger partial charge >= 0.3 is 5.97 Å². The SMILES string of the molecule is O=C(COc1ccccc1)N[C@@H]1C(=O)N2C(C(=O)OC(c3ccccc3)c3ccccc3)=C(N3CCOCC3)CS[C@@H]12. The van der Waals surface area contributed by atoms with Crippen LogP contribution in [-0.2, 0) is 23.9 Å². The first-order valence-electron chi connectivity index (χ1n) is 13.9. The number of ether oxygens (including phenoxy) is 3. The second-order valence-electron chi connectivity index (χ2n) is 10.1. The van der Waals surface area contributed by atoms with E-state index in [2.05, 4.69) is 10.2 Å². The maximum atomic E-state index is 14.1. The third kappa shape index (κ3) is 5.86. The molecule has 2 fully saturated rings. The van der Waals surface area contributed by atoms with Gasteiger partial charge in [-0.2, -0.15) is 0 Å². The van der Waals surface area contributed by atoms with Gasteiger partial charge in [0.1, 0.15) is 17.2 Å². The molecule has 0 bridgehead atoms. The van der Waals surface area contributed by atoms with E-state index in [4.69, 9.17) is 14.2 Å². The molecule has 0 aromatic heterocycles. The Labute approximate surface area is 248 Å². The molecule has 216 valence electrons. The lowest BCUT2D eigenvalue weighted by atomic mass is 10.0. The molecule has 3 heterocycles. The number of para-hydroxylation sites is 1. The van der Waals surface area contributed by atoms with Gasteiger partial charge in [-0.1, -0.05) is 78.9 Å². The average Bonchev–Trinajstić information content (AvgIpc) is 3.06. The fraction of sp³-hybridized carbons (Fsp3) is 0.281. The number of amides is 2. The van der Waals surface area contributed by atoms with Crippen LogP contribution in [0.4, 0.5) is 0 Å². The van der Waals surface area contributed by atoms with Crippen molar-refractivity contribution in [3.8, 4) is 5.75 Å². The largest absolute Gasteiger partial charge is 0.484 e.